The van der Waals surface area contributed by atoms with Gasteiger partial charge in [0.05, 0.1) is 6.20 Å². The second-order valence-electron chi connectivity index (χ2n) is 8.37. The zero-order valence-electron chi connectivity index (χ0n) is 17.9. The predicted molar refractivity (Wildman–Crippen MR) is 119 cm³/mol. The van der Waals surface area contributed by atoms with Gasteiger partial charge in [-0.15, -0.1) is 5.10 Å². The molecule has 4 rings (SSSR count). The molecule has 0 aliphatic carbocycles. The third kappa shape index (κ3) is 4.66. The molecule has 0 bridgehead atoms. The molecule has 0 spiro atoms. The minimum atomic E-state index is -0.673. The third-order valence-corrected chi connectivity index (χ3v) is 4.89. The summed E-state index contributed by atoms with van der Waals surface area (Å²) in [4.78, 5) is 31.7. The second-order valence-corrected chi connectivity index (χ2v) is 8.37. The van der Waals surface area contributed by atoms with Crippen molar-refractivity contribution in [3.05, 3.63) is 48.3 Å². The molecular weight excluding hydrogens is 396 g/mol. The van der Waals surface area contributed by atoms with Crippen LogP contribution >= 0.6 is 0 Å². The maximum absolute atomic E-state index is 12.8. The highest BCUT2D eigenvalue weighted by molar-refractivity contribution is 6.08. The van der Waals surface area contributed by atoms with E-state index in [0.717, 1.165) is 36.5 Å². The van der Waals surface area contributed by atoms with E-state index in [0.29, 0.717) is 16.5 Å². The van der Waals surface area contributed by atoms with Gasteiger partial charge in [-0.2, -0.15) is 4.68 Å². The largest absolute Gasteiger partial charge is 0.442 e. The Hall–Kier alpha value is -3.46. The van der Waals surface area contributed by atoms with Crippen LogP contribution in [0.15, 0.2) is 42.7 Å². The van der Waals surface area contributed by atoms with Gasteiger partial charge < -0.3 is 20.3 Å². The number of nitrogens with zero attached hydrogens (tertiary/aromatic N) is 4. The van der Waals surface area contributed by atoms with Crippen LogP contribution in [0.4, 0.5) is 16.3 Å². The number of amides is 1. The van der Waals surface area contributed by atoms with Crippen molar-refractivity contribution in [2.45, 2.75) is 26.4 Å². The number of ether oxygens (including phenoxy) is 1. The van der Waals surface area contributed by atoms with E-state index < -0.39 is 11.7 Å². The Bertz CT molecular complexity index is 1090. The van der Waals surface area contributed by atoms with Crippen molar-refractivity contribution in [1.82, 2.24) is 20.1 Å². The Kier molecular flexibility index (Phi) is 5.60. The van der Waals surface area contributed by atoms with Gasteiger partial charge >= 0.3 is 6.09 Å². The van der Waals surface area contributed by atoms with Gasteiger partial charge in [-0.25, -0.2) is 4.79 Å². The smallest absolute Gasteiger partial charge is 0.435 e. The molecule has 1 aromatic carbocycles. The molecule has 1 amide bonds. The molecule has 2 aromatic heterocycles. The summed E-state index contributed by atoms with van der Waals surface area (Å²) in [5.74, 6) is -0.0288. The number of fused-ring (bicyclic) bond motifs is 1. The minimum Gasteiger partial charge on any atom is -0.442 e. The number of aromatic nitrogens is 3. The van der Waals surface area contributed by atoms with Gasteiger partial charge in [0.1, 0.15) is 11.1 Å². The number of benzene rings is 1. The molecule has 9 heteroatoms. The molecule has 31 heavy (non-hydrogen) atoms. The molecule has 3 heterocycles. The first-order valence-corrected chi connectivity index (χ1v) is 10.2. The first kappa shape index (κ1) is 20.8. The van der Waals surface area contributed by atoms with Crippen LogP contribution in [0.2, 0.25) is 0 Å². The van der Waals surface area contributed by atoms with E-state index in [1.165, 1.54) is 6.20 Å². The Balaban J connectivity index is 1.55. The summed E-state index contributed by atoms with van der Waals surface area (Å²) < 4.78 is 6.54. The van der Waals surface area contributed by atoms with E-state index in [2.05, 4.69) is 25.6 Å². The summed E-state index contributed by atoms with van der Waals surface area (Å²) in [6.45, 7) is 9.11. The molecule has 0 unspecified atom stereocenters. The molecule has 1 fully saturated rings. The summed E-state index contributed by atoms with van der Waals surface area (Å²) >= 11 is 0. The molecule has 0 radical (unpaired) electrons. The van der Waals surface area contributed by atoms with Crippen molar-refractivity contribution in [3.63, 3.8) is 0 Å². The number of nitrogens with one attached hydrogen (secondary N) is 2. The number of rotatable bonds is 3. The maximum Gasteiger partial charge on any atom is 0.435 e. The minimum absolute atomic E-state index is 0.277. The van der Waals surface area contributed by atoms with Crippen LogP contribution in [-0.4, -0.2) is 58.5 Å². The lowest BCUT2D eigenvalue weighted by atomic mass is 10.1. The summed E-state index contributed by atoms with van der Waals surface area (Å²) in [5.41, 5.74) is 1.38. The quantitative estimate of drug-likeness (QED) is 0.669. The summed E-state index contributed by atoms with van der Waals surface area (Å²) in [5, 5.41) is 11.0. The highest BCUT2D eigenvalue weighted by Gasteiger charge is 2.23. The fraction of sp³-hybridized carbons (Fsp3) is 0.364. The van der Waals surface area contributed by atoms with Gasteiger partial charge in [-0.3, -0.25) is 9.78 Å². The Morgan fingerprint density at radius 2 is 1.81 bits per heavy atom. The zero-order chi connectivity index (χ0) is 22.0. The first-order chi connectivity index (χ1) is 14.8. The standard InChI is InChI=1S/C22H26N6O3/c1-22(2,3)31-21(30)28-18-14-24-9-8-17(18)19(26-28)25-20(29)15-4-6-16(7-5-15)27-12-10-23-11-13-27/h4-9,14,23H,10-13H2,1-3H3,(H,25,26,29). The van der Waals surface area contributed by atoms with Crippen molar-refractivity contribution in [2.24, 2.45) is 0 Å². The van der Waals surface area contributed by atoms with Gasteiger partial charge in [0.15, 0.2) is 5.82 Å². The topological polar surface area (TPSA) is 101 Å². The molecule has 1 aliphatic heterocycles. The van der Waals surface area contributed by atoms with Gasteiger partial charge in [0.2, 0.25) is 0 Å². The van der Waals surface area contributed by atoms with Crippen molar-refractivity contribution in [2.75, 3.05) is 36.4 Å². The van der Waals surface area contributed by atoms with Crippen LogP contribution in [0.5, 0.6) is 0 Å². The van der Waals surface area contributed by atoms with Crippen LogP contribution in [-0.2, 0) is 4.74 Å². The van der Waals surface area contributed by atoms with Crippen molar-refractivity contribution in [1.29, 1.82) is 0 Å². The van der Waals surface area contributed by atoms with Crippen LogP contribution in [0.1, 0.15) is 31.1 Å². The summed E-state index contributed by atoms with van der Waals surface area (Å²) in [6.07, 6.45) is 2.47. The molecule has 3 aromatic rings. The third-order valence-electron chi connectivity index (χ3n) is 4.89. The number of hydrogen-bond donors (Lipinski definition) is 2. The van der Waals surface area contributed by atoms with Crippen molar-refractivity contribution < 1.29 is 14.3 Å². The maximum atomic E-state index is 12.8. The van der Waals surface area contributed by atoms with Crippen molar-refractivity contribution in [3.8, 4) is 0 Å². The SMILES string of the molecule is CC(C)(C)OC(=O)n1nc(NC(=O)c2ccc(N3CCNCC3)cc2)c2ccncc21. The molecule has 2 N–H and O–H groups in total. The van der Waals surface area contributed by atoms with Crippen molar-refractivity contribution >= 4 is 34.4 Å². The summed E-state index contributed by atoms with van der Waals surface area (Å²) in [6, 6.07) is 9.18. The number of hydrogen-bond acceptors (Lipinski definition) is 7. The molecule has 162 valence electrons. The lowest BCUT2D eigenvalue weighted by Crippen LogP contribution is -2.43. The van der Waals surface area contributed by atoms with E-state index >= 15 is 0 Å². The van der Waals surface area contributed by atoms with E-state index in [1.54, 1.807) is 45.2 Å². The van der Waals surface area contributed by atoms with Gasteiger partial charge in [-0.1, -0.05) is 0 Å². The Labute approximate surface area is 180 Å². The van der Waals surface area contributed by atoms with E-state index in [1.807, 2.05) is 12.1 Å². The lowest BCUT2D eigenvalue weighted by molar-refractivity contribution is 0.0522. The van der Waals surface area contributed by atoms with Crippen LogP contribution in [0, 0.1) is 0 Å². The van der Waals surface area contributed by atoms with Gasteiger partial charge in [0, 0.05) is 49.0 Å². The van der Waals surface area contributed by atoms with Gasteiger partial charge in [-0.05, 0) is 51.1 Å². The van der Waals surface area contributed by atoms with E-state index in [9.17, 15) is 9.59 Å². The van der Waals surface area contributed by atoms with Gasteiger partial charge in [0.25, 0.3) is 5.91 Å². The zero-order valence-corrected chi connectivity index (χ0v) is 17.9. The fourth-order valence-corrected chi connectivity index (χ4v) is 3.43. The highest BCUT2D eigenvalue weighted by Crippen LogP contribution is 2.24. The fourth-order valence-electron chi connectivity index (χ4n) is 3.43. The molecular formula is C22H26N6O3. The Morgan fingerprint density at radius 3 is 2.48 bits per heavy atom. The number of anilines is 2. The average Bonchev–Trinajstić information content (AvgIpc) is 3.12. The average molecular weight is 422 g/mol. The lowest BCUT2D eigenvalue weighted by Gasteiger charge is -2.29. The molecule has 1 aliphatic rings. The highest BCUT2D eigenvalue weighted by atomic mass is 16.6. The number of piperazine rings is 1. The molecule has 1 saturated heterocycles. The second kappa shape index (κ2) is 8.35. The van der Waals surface area contributed by atoms with Crippen LogP contribution in [0.25, 0.3) is 10.9 Å². The molecule has 9 nitrogen and oxygen atoms in total. The van der Waals surface area contributed by atoms with Crippen LogP contribution in [0.3, 0.4) is 0 Å². The Morgan fingerprint density at radius 1 is 1.10 bits per heavy atom. The van der Waals surface area contributed by atoms with E-state index in [-0.39, 0.29) is 11.7 Å². The normalized spacial score (nSPS) is 14.5. The molecule has 0 saturated carbocycles. The summed E-state index contributed by atoms with van der Waals surface area (Å²) in [7, 11) is 0. The number of pyridine rings is 1. The predicted octanol–water partition coefficient (Wildman–Crippen LogP) is 2.88. The number of carbonyl (C=O) groups is 2. The van der Waals surface area contributed by atoms with E-state index in [4.69, 9.17) is 4.74 Å². The monoisotopic (exact) mass is 422 g/mol. The molecule has 0 atom stereocenters. The first-order valence-electron chi connectivity index (χ1n) is 10.2. The number of carbonyl (C=O) groups excluding carboxylic acids is 2. The van der Waals surface area contributed by atoms with Crippen LogP contribution < -0.4 is 15.5 Å².